The van der Waals surface area contributed by atoms with E-state index < -0.39 is 0 Å². The second-order valence-corrected chi connectivity index (χ2v) is 8.32. The fraction of sp³-hybridized carbons (Fsp3) is 0.800. The van der Waals surface area contributed by atoms with Crippen molar-refractivity contribution in [3.05, 3.63) is 12.4 Å². The molecular weight excluding hydrogens is 326 g/mol. The molecule has 1 aromatic rings. The number of rotatable bonds is 4. The first-order valence-corrected chi connectivity index (χ1v) is 10.4. The summed E-state index contributed by atoms with van der Waals surface area (Å²) in [5, 5.41) is 9.48. The van der Waals surface area contributed by atoms with Gasteiger partial charge in [0.1, 0.15) is 18.0 Å². The van der Waals surface area contributed by atoms with Crippen LogP contribution in [0, 0.1) is 5.92 Å². The Bertz CT molecular complexity index is 589. The number of piperidine rings is 2. The number of nitrogens with zero attached hydrogens (tertiary/aromatic N) is 5. The molecule has 6 heteroatoms. The van der Waals surface area contributed by atoms with Crippen LogP contribution in [0.5, 0.6) is 0 Å². The lowest BCUT2D eigenvalue weighted by Crippen LogP contribution is -2.46. The second kappa shape index (κ2) is 8.09. The average Bonchev–Trinajstić information content (AvgIpc) is 3.14. The molecule has 0 spiro atoms. The van der Waals surface area contributed by atoms with Gasteiger partial charge in [-0.05, 0) is 57.9 Å². The first kappa shape index (κ1) is 18.0. The smallest absolute Gasteiger partial charge is 0.134 e. The van der Waals surface area contributed by atoms with Crippen LogP contribution in [-0.2, 0) is 0 Å². The van der Waals surface area contributed by atoms with E-state index in [1.54, 1.807) is 6.33 Å². The maximum absolute atomic E-state index is 9.48. The zero-order valence-electron chi connectivity index (χ0n) is 16.1. The summed E-state index contributed by atoms with van der Waals surface area (Å²) in [6, 6.07) is 3.66. The van der Waals surface area contributed by atoms with Crippen molar-refractivity contribution in [1.29, 1.82) is 0 Å². The molecular formula is C20H33N5O. The topological polar surface area (TPSA) is 55.7 Å². The van der Waals surface area contributed by atoms with Crippen LogP contribution in [0.25, 0.3) is 0 Å². The summed E-state index contributed by atoms with van der Waals surface area (Å²) in [4.78, 5) is 16.5. The Labute approximate surface area is 157 Å². The number of aliphatic hydroxyl groups excluding tert-OH is 1. The number of aromatic nitrogens is 2. The summed E-state index contributed by atoms with van der Waals surface area (Å²) in [6.45, 7) is 8.05. The first-order valence-electron chi connectivity index (χ1n) is 10.4. The predicted octanol–water partition coefficient (Wildman–Crippen LogP) is 2.14. The molecule has 4 rings (SSSR count). The molecule has 1 aromatic heterocycles. The monoisotopic (exact) mass is 359 g/mol. The molecule has 0 aliphatic carbocycles. The number of hydrogen-bond acceptors (Lipinski definition) is 6. The molecule has 2 unspecified atom stereocenters. The van der Waals surface area contributed by atoms with Gasteiger partial charge in [-0.3, -0.25) is 4.90 Å². The lowest BCUT2D eigenvalue weighted by Gasteiger charge is -2.39. The lowest BCUT2D eigenvalue weighted by atomic mass is 9.99. The van der Waals surface area contributed by atoms with Gasteiger partial charge in [-0.2, -0.15) is 0 Å². The normalized spacial score (nSPS) is 28.7. The maximum atomic E-state index is 9.48. The van der Waals surface area contributed by atoms with E-state index >= 15 is 0 Å². The SMILES string of the molecule is CC1CCCN1C1CCN(c2cc(N3CCCC(CO)C3)ncn2)CC1. The van der Waals surface area contributed by atoms with E-state index in [2.05, 4.69) is 37.7 Å². The van der Waals surface area contributed by atoms with E-state index in [9.17, 15) is 5.11 Å². The summed E-state index contributed by atoms with van der Waals surface area (Å²) >= 11 is 0. The molecule has 3 fully saturated rings. The van der Waals surface area contributed by atoms with Crippen LogP contribution >= 0.6 is 0 Å². The molecule has 0 radical (unpaired) electrons. The molecule has 4 heterocycles. The maximum Gasteiger partial charge on any atom is 0.134 e. The molecule has 6 nitrogen and oxygen atoms in total. The fourth-order valence-electron chi connectivity index (χ4n) is 5.03. The molecule has 3 aliphatic heterocycles. The average molecular weight is 360 g/mol. The van der Waals surface area contributed by atoms with Gasteiger partial charge in [0, 0.05) is 50.9 Å². The highest BCUT2D eigenvalue weighted by atomic mass is 16.3. The van der Waals surface area contributed by atoms with Gasteiger partial charge in [0.15, 0.2) is 0 Å². The predicted molar refractivity (Wildman–Crippen MR) is 105 cm³/mol. The van der Waals surface area contributed by atoms with Gasteiger partial charge < -0.3 is 14.9 Å². The molecule has 2 atom stereocenters. The van der Waals surface area contributed by atoms with Gasteiger partial charge in [-0.25, -0.2) is 9.97 Å². The van der Waals surface area contributed by atoms with E-state index in [1.165, 1.54) is 32.2 Å². The molecule has 0 amide bonds. The van der Waals surface area contributed by atoms with E-state index in [0.717, 1.165) is 62.7 Å². The molecule has 1 N–H and O–H groups in total. The zero-order chi connectivity index (χ0) is 17.9. The third-order valence-electron chi connectivity index (χ3n) is 6.60. The van der Waals surface area contributed by atoms with Gasteiger partial charge in [-0.15, -0.1) is 0 Å². The minimum atomic E-state index is 0.275. The Morgan fingerprint density at radius 2 is 1.69 bits per heavy atom. The highest BCUT2D eigenvalue weighted by Gasteiger charge is 2.31. The number of aliphatic hydroxyl groups is 1. The third-order valence-corrected chi connectivity index (χ3v) is 6.60. The largest absolute Gasteiger partial charge is 0.396 e. The Balaban J connectivity index is 1.38. The van der Waals surface area contributed by atoms with Crippen LogP contribution in [0.4, 0.5) is 11.6 Å². The van der Waals surface area contributed by atoms with Crippen molar-refractivity contribution < 1.29 is 5.11 Å². The van der Waals surface area contributed by atoms with Gasteiger partial charge in [0.25, 0.3) is 0 Å². The van der Waals surface area contributed by atoms with Gasteiger partial charge in [0.05, 0.1) is 0 Å². The van der Waals surface area contributed by atoms with Crippen molar-refractivity contribution >= 4 is 11.6 Å². The minimum absolute atomic E-state index is 0.275. The number of hydrogen-bond donors (Lipinski definition) is 1. The fourth-order valence-corrected chi connectivity index (χ4v) is 5.03. The quantitative estimate of drug-likeness (QED) is 0.889. The van der Waals surface area contributed by atoms with Gasteiger partial charge in [0.2, 0.25) is 0 Å². The van der Waals surface area contributed by atoms with Crippen LogP contribution in [-0.4, -0.2) is 71.4 Å². The molecule has 3 saturated heterocycles. The summed E-state index contributed by atoms with van der Waals surface area (Å²) in [7, 11) is 0. The van der Waals surface area contributed by atoms with Crippen LogP contribution in [0.2, 0.25) is 0 Å². The summed E-state index contributed by atoms with van der Waals surface area (Å²) < 4.78 is 0. The van der Waals surface area contributed by atoms with E-state index in [1.807, 2.05) is 0 Å². The second-order valence-electron chi connectivity index (χ2n) is 8.32. The number of likely N-dealkylation sites (tertiary alicyclic amines) is 1. The molecule has 26 heavy (non-hydrogen) atoms. The molecule has 144 valence electrons. The van der Waals surface area contributed by atoms with Crippen molar-refractivity contribution in [1.82, 2.24) is 14.9 Å². The third kappa shape index (κ3) is 3.81. The molecule has 0 bridgehead atoms. The highest BCUT2D eigenvalue weighted by molar-refractivity contribution is 5.50. The van der Waals surface area contributed by atoms with Crippen LogP contribution in [0.3, 0.4) is 0 Å². The molecule has 3 aliphatic rings. The molecule has 0 aromatic carbocycles. The Kier molecular flexibility index (Phi) is 5.60. The van der Waals surface area contributed by atoms with Crippen LogP contribution in [0.1, 0.15) is 45.4 Å². The zero-order valence-corrected chi connectivity index (χ0v) is 16.1. The van der Waals surface area contributed by atoms with Crippen molar-refractivity contribution in [2.24, 2.45) is 5.92 Å². The van der Waals surface area contributed by atoms with E-state index in [4.69, 9.17) is 0 Å². The van der Waals surface area contributed by atoms with Crippen molar-refractivity contribution in [2.75, 3.05) is 49.1 Å². The summed E-state index contributed by atoms with van der Waals surface area (Å²) in [5.74, 6) is 2.46. The van der Waals surface area contributed by atoms with Crippen molar-refractivity contribution in [3.8, 4) is 0 Å². The Morgan fingerprint density at radius 3 is 2.38 bits per heavy atom. The number of anilines is 2. The Morgan fingerprint density at radius 1 is 0.962 bits per heavy atom. The summed E-state index contributed by atoms with van der Waals surface area (Å²) in [6.07, 6.45) is 9.15. The first-order chi connectivity index (χ1) is 12.7. The molecule has 0 saturated carbocycles. The van der Waals surface area contributed by atoms with Crippen LogP contribution < -0.4 is 9.80 Å². The lowest BCUT2D eigenvalue weighted by molar-refractivity contribution is 0.163. The standard InChI is InChI=1S/C20H33N5O/c1-16-4-2-9-25(16)18-6-10-23(11-7-18)19-12-20(22-15-21-19)24-8-3-5-17(13-24)14-26/h12,15-18,26H,2-11,13-14H2,1H3. The van der Waals surface area contributed by atoms with E-state index in [0.29, 0.717) is 5.92 Å². The minimum Gasteiger partial charge on any atom is -0.396 e. The highest BCUT2D eigenvalue weighted by Crippen LogP contribution is 2.29. The van der Waals surface area contributed by atoms with Gasteiger partial charge >= 0.3 is 0 Å². The van der Waals surface area contributed by atoms with Crippen molar-refractivity contribution in [3.63, 3.8) is 0 Å². The van der Waals surface area contributed by atoms with Gasteiger partial charge in [-0.1, -0.05) is 0 Å². The van der Waals surface area contributed by atoms with Crippen molar-refractivity contribution in [2.45, 2.75) is 57.5 Å². The Hall–Kier alpha value is -1.40. The van der Waals surface area contributed by atoms with E-state index in [-0.39, 0.29) is 6.61 Å². The van der Waals surface area contributed by atoms with Crippen LogP contribution in [0.15, 0.2) is 12.4 Å². The summed E-state index contributed by atoms with van der Waals surface area (Å²) in [5.41, 5.74) is 0.